The Morgan fingerprint density at radius 3 is 2.74 bits per heavy atom. The predicted molar refractivity (Wildman–Crippen MR) is 103 cm³/mol. The molecule has 2 atom stereocenters. The minimum atomic E-state index is -0.0359. The van der Waals surface area contributed by atoms with Gasteiger partial charge in [0, 0.05) is 39.6 Å². The number of aromatic nitrogens is 3. The van der Waals surface area contributed by atoms with Crippen molar-refractivity contribution in [2.24, 2.45) is 11.8 Å². The normalized spacial score (nSPS) is 20.2. The zero-order valence-electron chi connectivity index (χ0n) is 16.6. The number of nitrogens with zero attached hydrogens (tertiary/aromatic N) is 4. The van der Waals surface area contributed by atoms with E-state index in [0.29, 0.717) is 49.4 Å². The number of aryl methyl sites for hydroxylation is 2. The van der Waals surface area contributed by atoms with E-state index < -0.39 is 0 Å². The largest absolute Gasteiger partial charge is 0.383 e. The summed E-state index contributed by atoms with van der Waals surface area (Å²) in [5, 5.41) is 7.78. The number of fused-ring (bicyclic) bond motifs is 1. The van der Waals surface area contributed by atoms with Gasteiger partial charge in [-0.05, 0) is 25.2 Å². The molecule has 3 heterocycles. The summed E-state index contributed by atoms with van der Waals surface area (Å²) < 4.78 is 10.4. The van der Waals surface area contributed by atoms with Crippen molar-refractivity contribution >= 4 is 22.8 Å². The molecule has 0 bridgehead atoms. The molecule has 1 aliphatic heterocycles. The first kappa shape index (κ1) is 19.5. The SMILES string of the molecule is COCCNC(=O)CCc1nc(N2C[C@H](C)C[C@@H](C)C2)c2c(C)noc2n1. The molecule has 1 saturated heterocycles. The van der Waals surface area contributed by atoms with Crippen molar-refractivity contribution in [1.82, 2.24) is 20.4 Å². The van der Waals surface area contributed by atoms with Crippen LogP contribution >= 0.6 is 0 Å². The highest BCUT2D eigenvalue weighted by Gasteiger charge is 2.27. The Labute approximate surface area is 159 Å². The van der Waals surface area contributed by atoms with Gasteiger partial charge < -0.3 is 19.5 Å². The average Bonchev–Trinajstić information content (AvgIpc) is 3.00. The van der Waals surface area contributed by atoms with E-state index in [2.05, 4.69) is 34.2 Å². The molecular weight excluding hydrogens is 346 g/mol. The van der Waals surface area contributed by atoms with Crippen LogP contribution in [0.25, 0.3) is 11.1 Å². The zero-order valence-corrected chi connectivity index (χ0v) is 16.6. The van der Waals surface area contributed by atoms with E-state index in [-0.39, 0.29) is 5.91 Å². The Morgan fingerprint density at radius 1 is 1.30 bits per heavy atom. The first-order chi connectivity index (χ1) is 13.0. The third-order valence-electron chi connectivity index (χ3n) is 4.91. The van der Waals surface area contributed by atoms with Gasteiger partial charge in [0.2, 0.25) is 5.91 Å². The van der Waals surface area contributed by atoms with Crippen molar-refractivity contribution in [3.05, 3.63) is 11.5 Å². The van der Waals surface area contributed by atoms with E-state index in [9.17, 15) is 4.79 Å². The summed E-state index contributed by atoms with van der Waals surface area (Å²) in [6.45, 7) is 9.38. The number of nitrogens with one attached hydrogen (secondary N) is 1. The highest BCUT2D eigenvalue weighted by Crippen LogP contribution is 2.31. The van der Waals surface area contributed by atoms with Crippen molar-refractivity contribution < 1.29 is 14.1 Å². The molecule has 0 radical (unpaired) electrons. The van der Waals surface area contributed by atoms with Crippen LogP contribution in [0.3, 0.4) is 0 Å². The third kappa shape index (κ3) is 4.74. The second-order valence-electron chi connectivity index (χ2n) is 7.61. The molecule has 0 aromatic carbocycles. The molecule has 2 aromatic heterocycles. The highest BCUT2D eigenvalue weighted by atomic mass is 16.5. The fourth-order valence-corrected chi connectivity index (χ4v) is 3.79. The molecule has 0 unspecified atom stereocenters. The maximum absolute atomic E-state index is 12.0. The number of carbonyl (C=O) groups is 1. The van der Waals surface area contributed by atoms with Crippen molar-refractivity contribution in [2.45, 2.75) is 40.0 Å². The summed E-state index contributed by atoms with van der Waals surface area (Å²) in [5.41, 5.74) is 1.30. The Hall–Kier alpha value is -2.22. The van der Waals surface area contributed by atoms with Gasteiger partial charge in [0.15, 0.2) is 0 Å². The van der Waals surface area contributed by atoms with Crippen LogP contribution in [0.15, 0.2) is 4.52 Å². The summed E-state index contributed by atoms with van der Waals surface area (Å²) in [7, 11) is 1.61. The van der Waals surface area contributed by atoms with Crippen LogP contribution in [0, 0.1) is 18.8 Å². The molecule has 0 spiro atoms. The topological polar surface area (TPSA) is 93.4 Å². The van der Waals surface area contributed by atoms with Gasteiger partial charge in [-0.3, -0.25) is 4.79 Å². The number of piperidine rings is 1. The molecular formula is C19H29N5O3. The van der Waals surface area contributed by atoms with Crippen LogP contribution in [0.2, 0.25) is 0 Å². The molecule has 1 fully saturated rings. The van der Waals surface area contributed by atoms with Gasteiger partial charge >= 0.3 is 0 Å². The standard InChI is InChI=1S/C19H29N5O3/c1-12-9-13(2)11-24(10-12)18-17-14(3)23-27-19(17)22-15(21-18)5-6-16(25)20-7-8-26-4/h12-13H,5-11H2,1-4H3,(H,20,25)/t12-,13-/m1/s1. The van der Waals surface area contributed by atoms with Crippen molar-refractivity contribution in [2.75, 3.05) is 38.3 Å². The fourth-order valence-electron chi connectivity index (χ4n) is 3.79. The number of methoxy groups -OCH3 is 1. The van der Waals surface area contributed by atoms with E-state index in [1.54, 1.807) is 7.11 Å². The smallest absolute Gasteiger partial charge is 0.263 e. The molecule has 27 heavy (non-hydrogen) atoms. The summed E-state index contributed by atoms with van der Waals surface area (Å²) in [6, 6.07) is 0. The van der Waals surface area contributed by atoms with Gasteiger partial charge in [-0.1, -0.05) is 19.0 Å². The van der Waals surface area contributed by atoms with Gasteiger partial charge in [-0.25, -0.2) is 4.98 Å². The molecule has 1 amide bonds. The van der Waals surface area contributed by atoms with Crippen LogP contribution in [0.1, 0.15) is 38.2 Å². The number of anilines is 1. The van der Waals surface area contributed by atoms with E-state index in [1.807, 2.05) is 6.92 Å². The average molecular weight is 375 g/mol. The molecule has 3 rings (SSSR count). The third-order valence-corrected chi connectivity index (χ3v) is 4.91. The molecule has 2 aromatic rings. The summed E-state index contributed by atoms with van der Waals surface area (Å²) in [5.74, 6) is 2.67. The Balaban J connectivity index is 1.80. The van der Waals surface area contributed by atoms with E-state index >= 15 is 0 Å². The maximum atomic E-state index is 12.0. The van der Waals surface area contributed by atoms with Crippen LogP contribution < -0.4 is 10.2 Å². The van der Waals surface area contributed by atoms with Crippen LogP contribution in [0.5, 0.6) is 0 Å². The number of rotatable bonds is 7. The monoisotopic (exact) mass is 375 g/mol. The lowest BCUT2D eigenvalue weighted by Gasteiger charge is -2.36. The molecule has 8 heteroatoms. The number of carbonyl (C=O) groups excluding carboxylic acids is 1. The van der Waals surface area contributed by atoms with Crippen LogP contribution in [-0.2, 0) is 16.0 Å². The summed E-state index contributed by atoms with van der Waals surface area (Å²) in [6.07, 6.45) is 2.01. The second kappa shape index (κ2) is 8.65. The minimum Gasteiger partial charge on any atom is -0.383 e. The predicted octanol–water partition coefficient (Wildman–Crippen LogP) is 2.10. The lowest BCUT2D eigenvalue weighted by molar-refractivity contribution is -0.121. The van der Waals surface area contributed by atoms with Crippen molar-refractivity contribution in [3.8, 4) is 0 Å². The molecule has 0 aliphatic carbocycles. The van der Waals surface area contributed by atoms with Crippen molar-refractivity contribution in [3.63, 3.8) is 0 Å². The van der Waals surface area contributed by atoms with Crippen LogP contribution in [0.4, 0.5) is 5.82 Å². The molecule has 1 N–H and O–H groups in total. The Kier molecular flexibility index (Phi) is 6.26. The maximum Gasteiger partial charge on any atom is 0.263 e. The summed E-state index contributed by atoms with van der Waals surface area (Å²) in [4.78, 5) is 23.6. The first-order valence-corrected chi connectivity index (χ1v) is 9.61. The first-order valence-electron chi connectivity index (χ1n) is 9.61. The fraction of sp³-hybridized carbons (Fsp3) is 0.684. The molecule has 0 saturated carbocycles. The van der Waals surface area contributed by atoms with Gasteiger partial charge in [-0.15, -0.1) is 0 Å². The zero-order chi connectivity index (χ0) is 19.4. The van der Waals surface area contributed by atoms with Gasteiger partial charge in [-0.2, -0.15) is 4.98 Å². The van der Waals surface area contributed by atoms with E-state index in [0.717, 1.165) is 30.0 Å². The molecule has 8 nitrogen and oxygen atoms in total. The van der Waals surface area contributed by atoms with Gasteiger partial charge in [0.05, 0.1) is 12.3 Å². The van der Waals surface area contributed by atoms with E-state index in [4.69, 9.17) is 14.2 Å². The Bertz CT molecular complexity index is 781. The number of ether oxygens (including phenoxy) is 1. The van der Waals surface area contributed by atoms with Crippen LogP contribution in [-0.4, -0.2) is 54.4 Å². The molecule has 1 aliphatic rings. The van der Waals surface area contributed by atoms with Crippen molar-refractivity contribution in [1.29, 1.82) is 0 Å². The van der Waals surface area contributed by atoms with Gasteiger partial charge in [0.25, 0.3) is 5.71 Å². The quantitative estimate of drug-likeness (QED) is 0.741. The lowest BCUT2D eigenvalue weighted by Crippen LogP contribution is -2.39. The molecule has 148 valence electrons. The minimum absolute atomic E-state index is 0.0359. The Morgan fingerprint density at radius 2 is 2.04 bits per heavy atom. The van der Waals surface area contributed by atoms with Gasteiger partial charge in [0.1, 0.15) is 17.0 Å². The number of hydrogen-bond acceptors (Lipinski definition) is 7. The number of hydrogen-bond donors (Lipinski definition) is 1. The van der Waals surface area contributed by atoms with E-state index in [1.165, 1.54) is 6.42 Å². The second-order valence-corrected chi connectivity index (χ2v) is 7.61. The summed E-state index contributed by atoms with van der Waals surface area (Å²) >= 11 is 0. The highest BCUT2D eigenvalue weighted by molar-refractivity contribution is 5.88. The lowest BCUT2D eigenvalue weighted by atomic mass is 9.92. The number of amides is 1.